The lowest BCUT2D eigenvalue weighted by Crippen LogP contribution is -2.67. The first-order valence-corrected chi connectivity index (χ1v) is 12.3. The Kier molecular flexibility index (Phi) is 5.17. The van der Waals surface area contributed by atoms with Gasteiger partial charge in [0.1, 0.15) is 6.10 Å². The number of hydrogen-bond acceptors (Lipinski definition) is 7. The van der Waals surface area contributed by atoms with E-state index in [0.29, 0.717) is 38.5 Å². The Morgan fingerprint density at radius 3 is 2.39 bits per heavy atom. The van der Waals surface area contributed by atoms with Crippen LogP contribution in [0.4, 0.5) is 0 Å². The summed E-state index contributed by atoms with van der Waals surface area (Å²) in [6.07, 6.45) is 5.32. The van der Waals surface area contributed by atoms with E-state index in [0.717, 1.165) is 18.4 Å². The smallest absolute Gasteiger partial charge is 0.335 e. The van der Waals surface area contributed by atoms with E-state index in [1.54, 1.807) is 6.07 Å². The van der Waals surface area contributed by atoms with Crippen LogP contribution in [0.3, 0.4) is 0 Å². The van der Waals surface area contributed by atoms with E-state index in [1.165, 1.54) is 19.3 Å². The van der Waals surface area contributed by atoms with Crippen molar-refractivity contribution in [2.24, 2.45) is 22.7 Å². The number of esters is 1. The first kappa shape index (κ1) is 23.1. The van der Waals surface area contributed by atoms with Gasteiger partial charge in [0.05, 0.1) is 23.6 Å². The molecule has 0 aromatic carbocycles. The Hall–Kier alpha value is -1.70. The Bertz CT molecular complexity index is 984. The molecule has 0 radical (unpaired) electrons. The molecule has 7 heteroatoms. The number of carbonyl (C=O) groups is 1. The van der Waals surface area contributed by atoms with Gasteiger partial charge in [0.25, 0.3) is 0 Å². The molecule has 4 saturated carbocycles. The summed E-state index contributed by atoms with van der Waals surface area (Å²) in [5.74, 6) is -0.614. The SMILES string of the molecule is CC(=O)O[C@H]1C[C@@]2(O)[C@@H]3CC[C@@]4(O)C[C@@H](O)CC[C@@]4(C)[C@@H]3CC[C@]2(C)[C@H]1c1ccc(=O)oc1. The predicted octanol–water partition coefficient (Wildman–Crippen LogP) is 2.90. The van der Waals surface area contributed by atoms with Crippen LogP contribution in [0.2, 0.25) is 0 Å². The maximum absolute atomic E-state index is 12.5. The van der Waals surface area contributed by atoms with Crippen molar-refractivity contribution in [3.05, 3.63) is 34.4 Å². The van der Waals surface area contributed by atoms with Crippen molar-refractivity contribution < 1.29 is 29.3 Å². The highest BCUT2D eigenvalue weighted by Crippen LogP contribution is 2.71. The van der Waals surface area contributed by atoms with Crippen molar-refractivity contribution in [1.82, 2.24) is 0 Å². The molecule has 1 aromatic rings. The molecule has 7 nitrogen and oxygen atoms in total. The van der Waals surface area contributed by atoms with Crippen molar-refractivity contribution in [2.45, 2.75) is 101 Å². The summed E-state index contributed by atoms with van der Waals surface area (Å²) >= 11 is 0. The molecule has 5 rings (SSSR count). The van der Waals surface area contributed by atoms with Crippen LogP contribution in [0.5, 0.6) is 0 Å². The molecule has 1 heterocycles. The van der Waals surface area contributed by atoms with Crippen LogP contribution >= 0.6 is 0 Å². The minimum Gasteiger partial charge on any atom is -0.462 e. The summed E-state index contributed by atoms with van der Waals surface area (Å²) in [5, 5.41) is 34.4. The van der Waals surface area contributed by atoms with E-state index in [2.05, 4.69) is 13.8 Å². The van der Waals surface area contributed by atoms with Crippen molar-refractivity contribution >= 4 is 5.97 Å². The van der Waals surface area contributed by atoms with E-state index in [-0.39, 0.29) is 23.2 Å². The van der Waals surface area contributed by atoms with Crippen molar-refractivity contribution in [3.8, 4) is 0 Å². The molecular formula is C26H36O7. The second kappa shape index (κ2) is 7.40. The lowest BCUT2D eigenvalue weighted by atomic mass is 9.42. The third kappa shape index (κ3) is 3.11. The van der Waals surface area contributed by atoms with Crippen LogP contribution in [0.15, 0.2) is 27.6 Å². The number of aliphatic hydroxyl groups is 3. The van der Waals surface area contributed by atoms with Gasteiger partial charge in [-0.05, 0) is 67.4 Å². The Morgan fingerprint density at radius 1 is 1.03 bits per heavy atom. The minimum atomic E-state index is -1.09. The topological polar surface area (TPSA) is 117 Å². The Morgan fingerprint density at radius 2 is 1.73 bits per heavy atom. The van der Waals surface area contributed by atoms with E-state index in [4.69, 9.17) is 9.15 Å². The van der Waals surface area contributed by atoms with Crippen LogP contribution in [0, 0.1) is 22.7 Å². The normalized spacial score (nSPS) is 49.0. The summed E-state index contributed by atoms with van der Waals surface area (Å²) in [5.41, 5.74) is -2.64. The van der Waals surface area contributed by atoms with Crippen LogP contribution in [-0.2, 0) is 9.53 Å². The molecule has 9 atom stereocenters. The van der Waals surface area contributed by atoms with Gasteiger partial charge >= 0.3 is 11.6 Å². The van der Waals surface area contributed by atoms with Crippen LogP contribution in [-0.4, -0.2) is 44.7 Å². The van der Waals surface area contributed by atoms with Crippen LogP contribution < -0.4 is 5.63 Å². The van der Waals surface area contributed by atoms with Gasteiger partial charge in [-0.2, -0.15) is 0 Å². The van der Waals surface area contributed by atoms with Gasteiger partial charge in [-0.25, -0.2) is 4.79 Å². The molecule has 4 aliphatic carbocycles. The number of fused-ring (bicyclic) bond motifs is 5. The average molecular weight is 461 g/mol. The Balaban J connectivity index is 1.56. The molecule has 182 valence electrons. The molecule has 4 aliphatic rings. The van der Waals surface area contributed by atoms with Gasteiger partial charge in [0.2, 0.25) is 0 Å². The minimum absolute atomic E-state index is 0.0458. The molecule has 33 heavy (non-hydrogen) atoms. The fraction of sp³-hybridized carbons (Fsp3) is 0.769. The van der Waals surface area contributed by atoms with E-state index in [1.807, 2.05) is 0 Å². The number of ether oxygens (including phenoxy) is 1. The van der Waals surface area contributed by atoms with Crippen molar-refractivity contribution in [2.75, 3.05) is 0 Å². The molecule has 1 aromatic heterocycles. The molecule has 0 amide bonds. The largest absolute Gasteiger partial charge is 0.462 e. The highest BCUT2D eigenvalue weighted by molar-refractivity contribution is 5.66. The zero-order valence-corrected chi connectivity index (χ0v) is 19.8. The molecule has 0 aliphatic heterocycles. The summed E-state index contributed by atoms with van der Waals surface area (Å²) in [4.78, 5) is 23.6. The predicted molar refractivity (Wildman–Crippen MR) is 119 cm³/mol. The highest BCUT2D eigenvalue weighted by Gasteiger charge is 2.72. The second-order valence-electron chi connectivity index (χ2n) is 11.7. The summed E-state index contributed by atoms with van der Waals surface area (Å²) in [6, 6.07) is 3.10. The fourth-order valence-electron chi connectivity index (χ4n) is 8.66. The summed E-state index contributed by atoms with van der Waals surface area (Å²) in [7, 11) is 0. The molecule has 0 bridgehead atoms. The molecule has 0 saturated heterocycles. The fourth-order valence-corrected chi connectivity index (χ4v) is 8.66. The van der Waals surface area contributed by atoms with Crippen LogP contribution in [0.1, 0.15) is 83.6 Å². The average Bonchev–Trinajstić information content (AvgIpc) is 2.96. The van der Waals surface area contributed by atoms with Gasteiger partial charge in [-0.3, -0.25) is 4.79 Å². The Labute approximate surface area is 194 Å². The number of aliphatic hydroxyl groups excluding tert-OH is 1. The first-order chi connectivity index (χ1) is 15.4. The quantitative estimate of drug-likeness (QED) is 0.581. The van der Waals surface area contributed by atoms with Crippen molar-refractivity contribution in [3.63, 3.8) is 0 Å². The number of rotatable bonds is 2. The third-order valence-electron chi connectivity index (χ3n) is 10.4. The zero-order valence-electron chi connectivity index (χ0n) is 19.8. The maximum Gasteiger partial charge on any atom is 0.335 e. The van der Waals surface area contributed by atoms with E-state index in [9.17, 15) is 24.9 Å². The number of hydrogen-bond donors (Lipinski definition) is 3. The van der Waals surface area contributed by atoms with Gasteiger partial charge in [-0.1, -0.05) is 13.8 Å². The standard InChI is InChI=1S/C26H36O7/c1-15(27)33-20-13-26(31)19-8-11-25(30)12-17(28)6-9-23(25,2)18(19)7-10-24(26,3)22(20)16-4-5-21(29)32-14-16/h4-5,14,17-20,22,28,30-31H,6-13H2,1-3H3/t17-,18+,19+,20-,22-,23-,24+,25+,26+/m0/s1. The molecular weight excluding hydrogens is 424 g/mol. The molecule has 3 N–H and O–H groups in total. The zero-order chi connectivity index (χ0) is 23.8. The highest BCUT2D eigenvalue weighted by atomic mass is 16.5. The van der Waals surface area contributed by atoms with E-state index >= 15 is 0 Å². The van der Waals surface area contributed by atoms with Crippen molar-refractivity contribution in [1.29, 1.82) is 0 Å². The maximum atomic E-state index is 12.5. The summed E-state index contributed by atoms with van der Waals surface area (Å²) in [6.45, 7) is 5.61. The molecule has 4 fully saturated rings. The van der Waals surface area contributed by atoms with Gasteiger partial charge in [-0.15, -0.1) is 0 Å². The third-order valence-corrected chi connectivity index (χ3v) is 10.4. The first-order valence-electron chi connectivity index (χ1n) is 12.3. The lowest BCUT2D eigenvalue weighted by Gasteiger charge is -2.65. The number of carbonyl (C=O) groups excluding carboxylic acids is 1. The van der Waals surface area contributed by atoms with Gasteiger partial charge < -0.3 is 24.5 Å². The molecule has 0 unspecified atom stereocenters. The second-order valence-corrected chi connectivity index (χ2v) is 11.7. The van der Waals surface area contributed by atoms with Gasteiger partial charge in [0, 0.05) is 37.2 Å². The van der Waals surface area contributed by atoms with E-state index < -0.39 is 40.4 Å². The lowest BCUT2D eigenvalue weighted by molar-refractivity contribution is -0.253. The van der Waals surface area contributed by atoms with Gasteiger partial charge in [0.15, 0.2) is 0 Å². The monoisotopic (exact) mass is 460 g/mol. The summed E-state index contributed by atoms with van der Waals surface area (Å²) < 4.78 is 10.9. The van der Waals surface area contributed by atoms with Crippen LogP contribution in [0.25, 0.3) is 0 Å². The molecule has 0 spiro atoms.